The maximum absolute atomic E-state index is 5.91. The second-order valence-electron chi connectivity index (χ2n) is 3.32. The molecule has 0 bridgehead atoms. The molecule has 0 aliphatic carbocycles. The van der Waals surface area contributed by atoms with Gasteiger partial charge in [0.05, 0.1) is 27.8 Å². The third-order valence-corrected chi connectivity index (χ3v) is 2.55. The third kappa shape index (κ3) is 1.76. The summed E-state index contributed by atoms with van der Waals surface area (Å²) in [6.07, 6.45) is 1.74. The van der Waals surface area contributed by atoms with Gasteiger partial charge in [0.2, 0.25) is 0 Å². The van der Waals surface area contributed by atoms with Crippen LogP contribution < -0.4 is 11.5 Å². The Morgan fingerprint density at radius 1 is 1.27 bits per heavy atom. The number of aromatic nitrogens is 2. The van der Waals surface area contributed by atoms with Crippen molar-refractivity contribution in [3.63, 3.8) is 0 Å². The number of nitrogen functional groups attached to an aromatic ring is 2. The van der Waals surface area contributed by atoms with Crippen LogP contribution in [-0.4, -0.2) is 9.78 Å². The third-order valence-electron chi connectivity index (χ3n) is 2.17. The molecule has 2 rings (SSSR count). The minimum Gasteiger partial charge on any atom is -0.397 e. The maximum atomic E-state index is 5.91. The highest BCUT2D eigenvalue weighted by Gasteiger charge is 2.04. The van der Waals surface area contributed by atoms with Gasteiger partial charge in [0.25, 0.3) is 0 Å². The van der Waals surface area contributed by atoms with Crippen LogP contribution >= 0.6 is 11.6 Å². The fraction of sp³-hybridized carbons (Fsp3) is 0.100. The summed E-state index contributed by atoms with van der Waals surface area (Å²) in [6, 6.07) is 5.35. The fourth-order valence-electron chi connectivity index (χ4n) is 1.28. The Morgan fingerprint density at radius 3 is 2.53 bits per heavy atom. The summed E-state index contributed by atoms with van der Waals surface area (Å²) in [5.41, 5.74) is 14.1. The van der Waals surface area contributed by atoms with Gasteiger partial charge in [0.1, 0.15) is 0 Å². The highest BCUT2D eigenvalue weighted by molar-refractivity contribution is 6.31. The van der Waals surface area contributed by atoms with E-state index in [1.165, 1.54) is 0 Å². The Balaban J connectivity index is 2.49. The van der Waals surface area contributed by atoms with E-state index in [-0.39, 0.29) is 0 Å². The van der Waals surface area contributed by atoms with Gasteiger partial charge in [-0.15, -0.1) is 0 Å². The largest absolute Gasteiger partial charge is 0.397 e. The van der Waals surface area contributed by atoms with Crippen molar-refractivity contribution in [2.24, 2.45) is 0 Å². The summed E-state index contributed by atoms with van der Waals surface area (Å²) in [6.45, 7) is 1.85. The van der Waals surface area contributed by atoms with Crippen LogP contribution in [0.25, 0.3) is 5.69 Å². The van der Waals surface area contributed by atoms with E-state index in [1.807, 2.05) is 13.0 Å². The number of halogens is 1. The van der Waals surface area contributed by atoms with Crippen LogP contribution in [0.3, 0.4) is 0 Å². The molecule has 0 aliphatic heterocycles. The van der Waals surface area contributed by atoms with Crippen molar-refractivity contribution in [1.29, 1.82) is 0 Å². The van der Waals surface area contributed by atoms with Gasteiger partial charge in [0.15, 0.2) is 0 Å². The quantitative estimate of drug-likeness (QED) is 0.725. The highest BCUT2D eigenvalue weighted by Crippen LogP contribution is 2.21. The summed E-state index contributed by atoms with van der Waals surface area (Å²) in [5.74, 6) is 0. The molecular weight excluding hydrogens is 212 g/mol. The average Bonchev–Trinajstić information content (AvgIpc) is 2.52. The predicted molar refractivity (Wildman–Crippen MR) is 62.1 cm³/mol. The molecule has 1 aromatic heterocycles. The number of hydrogen-bond acceptors (Lipinski definition) is 3. The van der Waals surface area contributed by atoms with Crippen molar-refractivity contribution in [2.45, 2.75) is 6.92 Å². The van der Waals surface area contributed by atoms with E-state index in [4.69, 9.17) is 23.1 Å². The average molecular weight is 223 g/mol. The van der Waals surface area contributed by atoms with Crippen LogP contribution in [-0.2, 0) is 0 Å². The second-order valence-corrected chi connectivity index (χ2v) is 3.73. The smallest absolute Gasteiger partial charge is 0.0819 e. The molecule has 0 fully saturated rings. The van der Waals surface area contributed by atoms with Gasteiger partial charge < -0.3 is 11.5 Å². The van der Waals surface area contributed by atoms with E-state index in [1.54, 1.807) is 23.0 Å². The van der Waals surface area contributed by atoms with Gasteiger partial charge >= 0.3 is 0 Å². The summed E-state index contributed by atoms with van der Waals surface area (Å²) < 4.78 is 1.67. The molecule has 15 heavy (non-hydrogen) atoms. The van der Waals surface area contributed by atoms with Gasteiger partial charge in [-0.1, -0.05) is 11.6 Å². The fourth-order valence-corrected chi connectivity index (χ4v) is 1.41. The molecule has 0 spiro atoms. The van der Waals surface area contributed by atoms with Crippen LogP contribution in [0.4, 0.5) is 11.4 Å². The van der Waals surface area contributed by atoms with Crippen LogP contribution in [0.1, 0.15) is 5.69 Å². The molecule has 0 saturated carbocycles. The molecule has 4 nitrogen and oxygen atoms in total. The molecule has 0 aliphatic rings. The van der Waals surface area contributed by atoms with Crippen LogP contribution in [0.2, 0.25) is 5.02 Å². The van der Waals surface area contributed by atoms with Crippen molar-refractivity contribution >= 4 is 23.0 Å². The number of anilines is 2. The highest BCUT2D eigenvalue weighted by atomic mass is 35.5. The summed E-state index contributed by atoms with van der Waals surface area (Å²) in [7, 11) is 0. The molecule has 0 amide bonds. The molecule has 1 heterocycles. The molecule has 78 valence electrons. The number of aryl methyl sites for hydroxylation is 1. The Hall–Kier alpha value is -1.68. The first-order valence-corrected chi connectivity index (χ1v) is 4.83. The Bertz CT molecular complexity index is 485. The zero-order valence-corrected chi connectivity index (χ0v) is 8.99. The van der Waals surface area contributed by atoms with Crippen molar-refractivity contribution in [3.05, 3.63) is 35.1 Å². The molecule has 0 saturated heterocycles. The zero-order valence-electron chi connectivity index (χ0n) is 8.24. The van der Waals surface area contributed by atoms with E-state index in [0.29, 0.717) is 16.4 Å². The van der Waals surface area contributed by atoms with E-state index >= 15 is 0 Å². The zero-order chi connectivity index (χ0) is 11.0. The van der Waals surface area contributed by atoms with Gasteiger partial charge in [0, 0.05) is 6.20 Å². The Kier molecular flexibility index (Phi) is 2.28. The first kappa shape index (κ1) is 9.86. The van der Waals surface area contributed by atoms with Gasteiger partial charge in [-0.2, -0.15) is 5.10 Å². The predicted octanol–water partition coefficient (Wildman–Crippen LogP) is 2.00. The first-order chi connectivity index (χ1) is 7.08. The molecule has 4 N–H and O–H groups in total. The number of nitrogens with two attached hydrogens (primary N) is 2. The monoisotopic (exact) mass is 222 g/mol. The summed E-state index contributed by atoms with van der Waals surface area (Å²) in [5, 5.41) is 4.87. The number of hydrogen-bond donors (Lipinski definition) is 2. The van der Waals surface area contributed by atoms with Crippen LogP contribution in [0.5, 0.6) is 0 Å². The minimum atomic E-state index is 0.539. The lowest BCUT2D eigenvalue weighted by molar-refractivity contribution is 0.863. The summed E-state index contributed by atoms with van der Waals surface area (Å²) in [4.78, 5) is 0. The molecule has 0 unspecified atom stereocenters. The lowest BCUT2D eigenvalue weighted by Gasteiger charge is -2.04. The van der Waals surface area contributed by atoms with E-state index in [0.717, 1.165) is 11.4 Å². The minimum absolute atomic E-state index is 0.539. The standard InChI is InChI=1S/C10H11ClN4/c1-6-8(11)5-15(14-6)7-2-3-9(12)10(13)4-7/h2-5H,12-13H2,1H3. The molecule has 5 heteroatoms. The number of rotatable bonds is 1. The van der Waals surface area contributed by atoms with Crippen LogP contribution in [0, 0.1) is 6.92 Å². The van der Waals surface area contributed by atoms with Gasteiger partial charge in [-0.25, -0.2) is 4.68 Å². The van der Waals surface area contributed by atoms with E-state index < -0.39 is 0 Å². The summed E-state index contributed by atoms with van der Waals surface area (Å²) >= 11 is 5.91. The van der Waals surface area contributed by atoms with E-state index in [2.05, 4.69) is 5.10 Å². The SMILES string of the molecule is Cc1nn(-c2ccc(N)c(N)c2)cc1Cl. The molecule has 0 atom stereocenters. The first-order valence-electron chi connectivity index (χ1n) is 4.45. The van der Waals surface area contributed by atoms with Crippen molar-refractivity contribution in [1.82, 2.24) is 9.78 Å². The maximum Gasteiger partial charge on any atom is 0.0819 e. The van der Waals surface area contributed by atoms with Crippen molar-refractivity contribution in [2.75, 3.05) is 11.5 Å². The molecule has 0 radical (unpaired) electrons. The Morgan fingerprint density at radius 2 is 2.00 bits per heavy atom. The topological polar surface area (TPSA) is 69.9 Å². The Labute approximate surface area is 92.4 Å². The molecule has 1 aromatic carbocycles. The lowest BCUT2D eigenvalue weighted by atomic mass is 10.2. The van der Waals surface area contributed by atoms with Crippen molar-refractivity contribution < 1.29 is 0 Å². The number of nitrogens with zero attached hydrogens (tertiary/aromatic N) is 2. The molecule has 2 aromatic rings. The van der Waals surface area contributed by atoms with Crippen LogP contribution in [0.15, 0.2) is 24.4 Å². The van der Waals surface area contributed by atoms with Crippen molar-refractivity contribution in [3.8, 4) is 5.69 Å². The van der Waals surface area contributed by atoms with E-state index in [9.17, 15) is 0 Å². The van der Waals surface area contributed by atoms with Gasteiger partial charge in [-0.05, 0) is 25.1 Å². The normalized spacial score (nSPS) is 10.5. The van der Waals surface area contributed by atoms with Gasteiger partial charge in [-0.3, -0.25) is 0 Å². The number of benzene rings is 1. The second kappa shape index (κ2) is 3.47. The lowest BCUT2D eigenvalue weighted by Crippen LogP contribution is -1.99. The molecular formula is C10H11ClN4.